The van der Waals surface area contributed by atoms with Gasteiger partial charge in [0, 0.05) is 132 Å². The van der Waals surface area contributed by atoms with E-state index in [4.69, 9.17) is 25.8 Å². The molecule has 7 amide bonds. The summed E-state index contributed by atoms with van der Waals surface area (Å²) >= 11 is 7.83. The topological polar surface area (TPSA) is 354 Å². The van der Waals surface area contributed by atoms with E-state index < -0.39 is 78.7 Å². The molecular formula is C78H97ClN14O14S2. The number of hydrogen-bond acceptors (Lipinski definition) is 20. The number of anilines is 2. The van der Waals surface area contributed by atoms with Crippen molar-refractivity contribution in [2.24, 2.45) is 16.7 Å². The predicted octanol–water partition coefficient (Wildman–Crippen LogP) is 9.83. The number of nitro benzene ring substituents is 1. The average molecular weight is 1550 g/mol. The van der Waals surface area contributed by atoms with Crippen LogP contribution in [-0.4, -0.2) is 200 Å². The molecule has 4 aliphatic rings. The van der Waals surface area contributed by atoms with Crippen LogP contribution in [-0.2, 0) is 45.2 Å². The molecule has 7 aromatic rings. The van der Waals surface area contributed by atoms with Gasteiger partial charge in [-0.05, 0) is 127 Å². The zero-order valence-electron chi connectivity index (χ0n) is 62.3. The number of H-pyrrole nitrogens is 1. The third-order valence-electron chi connectivity index (χ3n) is 20.3. The highest BCUT2D eigenvalue weighted by molar-refractivity contribution is 7.90. The number of carbonyl (C=O) groups is 6. The number of halogens is 1. The minimum absolute atomic E-state index is 0.0248. The average Bonchev–Trinajstić information content (AvgIpc) is 1.67. The molecule has 3 aromatic heterocycles. The molecule has 0 spiro atoms. The number of piperazine rings is 1. The number of nitro groups is 1. The fraction of sp³-hybridized carbons (Fsp3) is 0.462. The van der Waals surface area contributed by atoms with Gasteiger partial charge in [-0.3, -0.25) is 39.0 Å². The summed E-state index contributed by atoms with van der Waals surface area (Å²) in [7, 11) is -4.69. The van der Waals surface area contributed by atoms with Crippen molar-refractivity contribution in [1.29, 1.82) is 0 Å². The minimum Gasteiger partial charge on any atom is -0.455 e. The van der Waals surface area contributed by atoms with Gasteiger partial charge in [-0.25, -0.2) is 27.9 Å². The molecule has 31 heteroatoms. The molecule has 109 heavy (non-hydrogen) atoms. The number of nitrogens with zero attached hydrogens (tertiary/aromatic N) is 7. The number of likely N-dealkylation sites (tertiary alicyclic amines) is 2. The van der Waals surface area contributed by atoms with Crippen LogP contribution in [0.25, 0.3) is 27.0 Å². The number of allylic oxidation sites excluding steroid dienone is 1. The fourth-order valence-corrected chi connectivity index (χ4v) is 16.0. The van der Waals surface area contributed by atoms with Gasteiger partial charge < -0.3 is 65.6 Å². The number of β-amino-alcohol motifs (C(OH)–C–C–N with tert-alkyl or cyclic N) is 1. The smallest absolute Gasteiger partial charge is 0.317 e. The summed E-state index contributed by atoms with van der Waals surface area (Å²) in [6, 6.07) is 25.6. The Kier molecular flexibility index (Phi) is 26.8. The van der Waals surface area contributed by atoms with E-state index >= 15 is 0 Å². The van der Waals surface area contributed by atoms with Crippen molar-refractivity contribution in [3.63, 3.8) is 0 Å². The molecule has 0 saturated carbocycles. The molecule has 0 bridgehead atoms. The SMILES string of the molecule is Cc1ncsc1-c1ccc(CNC(=O)[C@@H]2C[C@@H](O)CN2C(=O)C(NC(=O)CCC(=O)NCCOCCOCCNC(=O)N2CCC(CNc3ccc(S(=O)(=O)NC(=O)c4ccc(N5CCN(CC6=C(c7ccc(Cl)cc7)CC(C)(C)CC6)CC5)cc4Oc4cnc5[nH]ccc5c4)cc3[N+](=O)[O-])CC2)C(C)(C)C)cc1. The van der Waals surface area contributed by atoms with Crippen LogP contribution in [0.3, 0.4) is 0 Å². The maximum absolute atomic E-state index is 14.2. The van der Waals surface area contributed by atoms with E-state index in [9.17, 15) is 52.4 Å². The van der Waals surface area contributed by atoms with E-state index in [1.165, 1.54) is 46.0 Å². The number of piperidine rings is 1. The Bertz CT molecular complexity index is 4550. The molecule has 11 rings (SSSR count). The number of aliphatic hydroxyl groups is 1. The van der Waals surface area contributed by atoms with Crippen LogP contribution < -0.4 is 40.9 Å². The number of rotatable bonds is 31. The number of aromatic amines is 1. The fourth-order valence-electron chi connectivity index (χ4n) is 14.0. The van der Waals surface area contributed by atoms with Crippen molar-refractivity contribution in [2.75, 3.05) is 109 Å². The number of aromatic nitrogens is 3. The molecule has 3 saturated heterocycles. The highest BCUT2D eigenvalue weighted by atomic mass is 35.5. The Labute approximate surface area is 643 Å². The number of hydrogen-bond donors (Lipinski definition) is 8. The number of carbonyl (C=O) groups excluding carboxylic acids is 6. The quantitative estimate of drug-likeness (QED) is 0.0114. The van der Waals surface area contributed by atoms with E-state index in [2.05, 4.69) is 82.0 Å². The van der Waals surface area contributed by atoms with Gasteiger partial charge in [-0.15, -0.1) is 11.3 Å². The normalized spacial score (nSPS) is 17.4. The van der Waals surface area contributed by atoms with Crippen LogP contribution in [0.2, 0.25) is 5.02 Å². The van der Waals surface area contributed by atoms with Gasteiger partial charge in [0.25, 0.3) is 21.6 Å². The molecule has 1 aliphatic carbocycles. The van der Waals surface area contributed by atoms with Gasteiger partial charge >= 0.3 is 6.03 Å². The molecule has 1 unspecified atom stereocenters. The molecule has 0 radical (unpaired) electrons. The van der Waals surface area contributed by atoms with Crippen LogP contribution in [0.15, 0.2) is 125 Å². The molecule has 4 aromatic carbocycles. The van der Waals surface area contributed by atoms with Crippen molar-refractivity contribution in [3.05, 3.63) is 158 Å². The Balaban J connectivity index is 0.568. The van der Waals surface area contributed by atoms with Gasteiger partial charge in [0.05, 0.1) is 70.2 Å². The zero-order valence-corrected chi connectivity index (χ0v) is 64.7. The van der Waals surface area contributed by atoms with Crippen LogP contribution >= 0.6 is 22.9 Å². The third kappa shape index (κ3) is 21.7. The van der Waals surface area contributed by atoms with E-state index in [-0.39, 0.29) is 106 Å². The number of fused-ring (bicyclic) bond motifs is 1. The van der Waals surface area contributed by atoms with Gasteiger partial charge in [0.15, 0.2) is 0 Å². The predicted molar refractivity (Wildman–Crippen MR) is 417 cm³/mol. The summed E-state index contributed by atoms with van der Waals surface area (Å²) in [4.78, 5) is 113. The largest absolute Gasteiger partial charge is 0.455 e. The summed E-state index contributed by atoms with van der Waals surface area (Å²) < 4.78 is 47.7. The zero-order chi connectivity index (χ0) is 77.6. The number of thiazole rings is 1. The molecule has 3 atom stereocenters. The maximum Gasteiger partial charge on any atom is 0.317 e. The Hall–Kier alpha value is -9.56. The highest BCUT2D eigenvalue weighted by Gasteiger charge is 2.45. The second-order valence-corrected chi connectivity index (χ2v) is 33.0. The van der Waals surface area contributed by atoms with Gasteiger partial charge in [-0.2, -0.15) is 0 Å². The number of nitrogens with one attached hydrogen (secondary N) is 7. The number of amides is 7. The standard InChI is InChI=1S/C78H97ClN14O14S2/c1-50-70(108-49-86-50)54-9-7-51(8-10-54)45-85-74(98)66-41-59(94)48-92(66)75(99)71(77(2,3)4)87-69(96)20-19-68(95)80-27-35-105-37-38-106-36-28-82-76(100)91-29-23-52(24-30-91)44-83-64-18-16-61(42-65(64)93(101)102)109(103,104)88-73(97)62-17-15-58(40-67(62)107-60-39-55-22-26-81-72(55)84-46-60)90-33-31-89(32-34-90)47-56-21-25-78(5,6)43-63(56)53-11-13-57(79)14-12-53/h7-18,22,26,39-40,42,46,49,52,59,66,71,83,94H,19-21,23-25,27-38,41,43-45,47-48H2,1-6H3,(H,80,95)(H,81,84)(H,82,100)(H,85,98)(H,87,96)(H,88,97)/t59-,66+,71?/m1/s1. The first-order chi connectivity index (χ1) is 52.1. The molecule has 8 N–H and O–H groups in total. The number of aliphatic hydroxyl groups excluding tert-OH is 1. The molecule has 6 heterocycles. The summed E-state index contributed by atoms with van der Waals surface area (Å²) in [6.07, 6.45) is 6.29. The third-order valence-corrected chi connectivity index (χ3v) is 22.8. The van der Waals surface area contributed by atoms with Crippen molar-refractivity contribution < 1.29 is 61.4 Å². The van der Waals surface area contributed by atoms with Gasteiger partial charge in [-0.1, -0.05) is 88.2 Å². The first-order valence-electron chi connectivity index (χ1n) is 36.9. The van der Waals surface area contributed by atoms with E-state index in [0.717, 1.165) is 77.7 Å². The Morgan fingerprint density at radius 1 is 0.835 bits per heavy atom. The van der Waals surface area contributed by atoms with E-state index in [0.29, 0.717) is 62.0 Å². The number of benzene rings is 4. The van der Waals surface area contributed by atoms with Crippen LogP contribution in [0.1, 0.15) is 113 Å². The lowest BCUT2D eigenvalue weighted by molar-refractivity contribution is -0.384. The maximum atomic E-state index is 14.2. The van der Waals surface area contributed by atoms with Crippen molar-refractivity contribution in [3.8, 4) is 21.9 Å². The molecular weight excluding hydrogens is 1460 g/mol. The number of pyridine rings is 1. The summed E-state index contributed by atoms with van der Waals surface area (Å²) in [5, 5.41) is 38.9. The Morgan fingerprint density at radius 2 is 1.54 bits per heavy atom. The second-order valence-electron chi connectivity index (χ2n) is 30.0. The van der Waals surface area contributed by atoms with Crippen LogP contribution in [0.4, 0.5) is 21.9 Å². The lowest BCUT2D eigenvalue weighted by Crippen LogP contribution is -2.57. The van der Waals surface area contributed by atoms with Crippen molar-refractivity contribution in [1.82, 2.24) is 55.6 Å². The summed E-state index contributed by atoms with van der Waals surface area (Å²) in [5.41, 5.74) is 8.93. The van der Waals surface area contributed by atoms with Crippen molar-refractivity contribution >= 4 is 102 Å². The molecule has 28 nitrogen and oxygen atoms in total. The van der Waals surface area contributed by atoms with Crippen molar-refractivity contribution in [2.45, 2.75) is 123 Å². The van der Waals surface area contributed by atoms with Crippen LogP contribution in [0, 0.1) is 33.8 Å². The van der Waals surface area contributed by atoms with Gasteiger partial charge in [0.1, 0.15) is 34.9 Å². The first-order valence-corrected chi connectivity index (χ1v) is 39.7. The monoisotopic (exact) mass is 1550 g/mol. The molecule has 3 aliphatic heterocycles. The lowest BCUT2D eigenvalue weighted by Gasteiger charge is -2.39. The summed E-state index contributed by atoms with van der Waals surface area (Å²) in [6.45, 7) is 18.2. The minimum atomic E-state index is -4.69. The highest BCUT2D eigenvalue weighted by Crippen LogP contribution is 2.44. The second kappa shape index (κ2) is 36.3. The van der Waals surface area contributed by atoms with E-state index in [1.807, 2.05) is 49.4 Å². The lowest BCUT2D eigenvalue weighted by atomic mass is 9.72. The first kappa shape index (κ1) is 80.5. The Morgan fingerprint density at radius 3 is 2.24 bits per heavy atom. The summed E-state index contributed by atoms with van der Waals surface area (Å²) in [5.74, 6) is -2.44. The van der Waals surface area contributed by atoms with E-state index in [1.54, 1.807) is 66.9 Å². The molecule has 582 valence electrons. The van der Waals surface area contributed by atoms with Gasteiger partial charge in [0.2, 0.25) is 23.6 Å². The number of aryl methyl sites for hydroxylation is 1. The molecule has 3 fully saturated rings. The number of ether oxygens (including phenoxy) is 3. The van der Waals surface area contributed by atoms with Crippen LogP contribution in [0.5, 0.6) is 11.5 Å². The number of sulfonamides is 1. The number of urea groups is 1.